The van der Waals surface area contributed by atoms with E-state index in [1.54, 1.807) is 6.20 Å². The lowest BCUT2D eigenvalue weighted by molar-refractivity contribution is 0.0943. The normalized spacial score (nSPS) is 30.5. The van der Waals surface area contributed by atoms with E-state index in [1.165, 1.54) is 16.7 Å². The van der Waals surface area contributed by atoms with Crippen molar-refractivity contribution in [2.45, 2.75) is 44.5 Å². The maximum absolute atomic E-state index is 5.51. The summed E-state index contributed by atoms with van der Waals surface area (Å²) in [5.41, 5.74) is 5.25. The number of amidine groups is 1. The fourth-order valence-corrected chi connectivity index (χ4v) is 4.29. The number of hydrogen-bond donors (Lipinski definition) is 2. The highest BCUT2D eigenvalue weighted by atomic mass is 16.5. The minimum atomic E-state index is -0.0788. The van der Waals surface area contributed by atoms with Gasteiger partial charge in [0.05, 0.1) is 12.0 Å². The standard InChI is InChI=1S/C22H28N4O/c1-14-11-19-20(12-18(14)15-6-8-17(27-3)9-7-15)25-21(26-22(19)23-2)16-5-4-10-24-13-16/h4-6,10-13,17,19-21,25H,7-9H2,1-3H3,(H,23,26). The van der Waals surface area contributed by atoms with Crippen molar-refractivity contribution in [2.75, 3.05) is 14.2 Å². The van der Waals surface area contributed by atoms with Crippen molar-refractivity contribution >= 4 is 5.84 Å². The van der Waals surface area contributed by atoms with Crippen LogP contribution in [0.25, 0.3) is 0 Å². The predicted octanol–water partition coefficient (Wildman–Crippen LogP) is 3.30. The average Bonchev–Trinajstić information content (AvgIpc) is 2.73. The summed E-state index contributed by atoms with van der Waals surface area (Å²) in [6.45, 7) is 2.21. The first-order chi connectivity index (χ1) is 13.2. The maximum atomic E-state index is 5.51. The van der Waals surface area contributed by atoms with Crippen molar-refractivity contribution in [3.8, 4) is 0 Å². The summed E-state index contributed by atoms with van der Waals surface area (Å²) >= 11 is 0. The minimum absolute atomic E-state index is 0.0788. The molecule has 4 rings (SSSR count). The molecule has 1 aromatic rings. The van der Waals surface area contributed by atoms with Crippen molar-refractivity contribution in [1.29, 1.82) is 0 Å². The molecule has 4 unspecified atom stereocenters. The maximum Gasteiger partial charge on any atom is 0.129 e. The smallest absolute Gasteiger partial charge is 0.129 e. The fraction of sp³-hybridized carbons (Fsp3) is 0.455. The first-order valence-corrected chi connectivity index (χ1v) is 9.74. The van der Waals surface area contributed by atoms with Crippen LogP contribution in [0.3, 0.4) is 0 Å². The van der Waals surface area contributed by atoms with E-state index in [0.29, 0.717) is 6.10 Å². The molecule has 0 radical (unpaired) electrons. The summed E-state index contributed by atoms with van der Waals surface area (Å²) in [7, 11) is 3.76. The molecule has 0 bridgehead atoms. The largest absolute Gasteiger partial charge is 0.381 e. The van der Waals surface area contributed by atoms with E-state index < -0.39 is 0 Å². The molecule has 0 saturated heterocycles. The van der Waals surface area contributed by atoms with Crippen molar-refractivity contribution in [3.05, 3.63) is 65.0 Å². The van der Waals surface area contributed by atoms with E-state index >= 15 is 0 Å². The average molecular weight is 364 g/mol. The topological polar surface area (TPSA) is 58.5 Å². The van der Waals surface area contributed by atoms with Crippen LogP contribution < -0.4 is 10.6 Å². The molecule has 1 aliphatic heterocycles. The highest BCUT2D eigenvalue weighted by molar-refractivity contribution is 5.88. The molecule has 3 aliphatic rings. The Morgan fingerprint density at radius 2 is 2.19 bits per heavy atom. The summed E-state index contributed by atoms with van der Waals surface area (Å²) in [5, 5.41) is 7.02. The Labute approximate surface area is 161 Å². The number of methoxy groups -OCH3 is 1. The molecule has 142 valence electrons. The number of allylic oxidation sites excluding steroid dienone is 3. The van der Waals surface area contributed by atoms with Gasteiger partial charge in [0.25, 0.3) is 0 Å². The molecule has 0 fully saturated rings. The molecule has 1 aromatic heterocycles. The Hall–Kier alpha value is -2.24. The Balaban J connectivity index is 1.63. The number of ether oxygens (including phenoxy) is 1. The quantitative estimate of drug-likeness (QED) is 0.864. The number of pyridine rings is 1. The van der Waals surface area contributed by atoms with Gasteiger partial charge >= 0.3 is 0 Å². The van der Waals surface area contributed by atoms with E-state index in [4.69, 9.17) is 9.73 Å². The van der Waals surface area contributed by atoms with Gasteiger partial charge < -0.3 is 10.1 Å². The number of fused-ring (bicyclic) bond motifs is 1. The molecule has 5 heteroatoms. The second kappa shape index (κ2) is 7.79. The fourth-order valence-electron chi connectivity index (χ4n) is 4.29. The van der Waals surface area contributed by atoms with Gasteiger partial charge in [-0.1, -0.05) is 24.3 Å². The molecule has 2 heterocycles. The minimum Gasteiger partial charge on any atom is -0.381 e. The number of aliphatic imine (C=N–C) groups is 1. The number of nitrogens with zero attached hydrogens (tertiary/aromatic N) is 2. The molecule has 2 aliphatic carbocycles. The van der Waals surface area contributed by atoms with E-state index in [-0.39, 0.29) is 18.1 Å². The van der Waals surface area contributed by atoms with Crippen LogP contribution in [0.15, 0.2) is 64.5 Å². The molecule has 0 saturated carbocycles. The van der Waals surface area contributed by atoms with Crippen LogP contribution in [0.4, 0.5) is 0 Å². The van der Waals surface area contributed by atoms with Crippen LogP contribution in [-0.4, -0.2) is 37.1 Å². The molecular weight excluding hydrogens is 336 g/mol. The second-order valence-corrected chi connectivity index (χ2v) is 7.46. The third-order valence-electron chi connectivity index (χ3n) is 5.82. The second-order valence-electron chi connectivity index (χ2n) is 7.46. The number of aromatic nitrogens is 1. The molecule has 0 amide bonds. The first kappa shape index (κ1) is 18.1. The van der Waals surface area contributed by atoms with Gasteiger partial charge in [-0.05, 0) is 49.0 Å². The number of hydrogen-bond acceptors (Lipinski definition) is 5. The molecule has 0 spiro atoms. The molecule has 27 heavy (non-hydrogen) atoms. The lowest BCUT2D eigenvalue weighted by Gasteiger charge is -2.37. The zero-order chi connectivity index (χ0) is 18.8. The van der Waals surface area contributed by atoms with Gasteiger partial charge in [-0.15, -0.1) is 0 Å². The summed E-state index contributed by atoms with van der Waals surface area (Å²) in [6.07, 6.45) is 14.2. The van der Waals surface area contributed by atoms with Crippen LogP contribution in [0.5, 0.6) is 0 Å². The van der Waals surface area contributed by atoms with Crippen LogP contribution in [0.2, 0.25) is 0 Å². The van der Waals surface area contributed by atoms with Crippen LogP contribution in [-0.2, 0) is 4.74 Å². The summed E-state index contributed by atoms with van der Waals surface area (Å²) in [4.78, 5) is 9.15. The Kier molecular flexibility index (Phi) is 5.23. The first-order valence-electron chi connectivity index (χ1n) is 9.74. The van der Waals surface area contributed by atoms with Gasteiger partial charge in [0.2, 0.25) is 0 Å². The summed E-state index contributed by atoms with van der Waals surface area (Å²) in [6, 6.07) is 4.25. The summed E-state index contributed by atoms with van der Waals surface area (Å²) < 4.78 is 5.51. The van der Waals surface area contributed by atoms with Crippen molar-refractivity contribution in [3.63, 3.8) is 0 Å². The molecule has 4 atom stereocenters. The Bertz CT molecular complexity index is 809. The summed E-state index contributed by atoms with van der Waals surface area (Å²) in [5.74, 6) is 1.27. The van der Waals surface area contributed by atoms with Crippen molar-refractivity contribution < 1.29 is 4.74 Å². The third kappa shape index (κ3) is 3.62. The van der Waals surface area contributed by atoms with Crippen molar-refractivity contribution in [1.82, 2.24) is 15.6 Å². The van der Waals surface area contributed by atoms with Gasteiger partial charge in [0.1, 0.15) is 12.0 Å². The van der Waals surface area contributed by atoms with Gasteiger partial charge in [-0.3, -0.25) is 10.3 Å². The predicted molar refractivity (Wildman–Crippen MR) is 108 cm³/mol. The van der Waals surface area contributed by atoms with Gasteiger partial charge in [0, 0.05) is 38.2 Å². The SMILES string of the molecule is CNC1=NC(c2cccnc2)NC2C=C(C3=CCC(OC)CC3)C(C)=CC12. The van der Waals surface area contributed by atoms with E-state index in [9.17, 15) is 0 Å². The molecule has 0 aromatic carbocycles. The number of nitrogens with one attached hydrogen (secondary N) is 2. The van der Waals surface area contributed by atoms with E-state index in [1.807, 2.05) is 26.4 Å². The third-order valence-corrected chi connectivity index (χ3v) is 5.82. The van der Waals surface area contributed by atoms with Crippen molar-refractivity contribution in [2.24, 2.45) is 10.9 Å². The van der Waals surface area contributed by atoms with Gasteiger partial charge in [-0.2, -0.15) is 0 Å². The van der Waals surface area contributed by atoms with Gasteiger partial charge in [0.15, 0.2) is 0 Å². The zero-order valence-electron chi connectivity index (χ0n) is 16.3. The van der Waals surface area contributed by atoms with E-state index in [0.717, 1.165) is 30.7 Å². The van der Waals surface area contributed by atoms with Gasteiger partial charge in [-0.25, -0.2) is 4.99 Å². The lowest BCUT2D eigenvalue weighted by Crippen LogP contribution is -2.49. The molecular formula is C22H28N4O. The Morgan fingerprint density at radius 3 is 2.85 bits per heavy atom. The number of rotatable bonds is 3. The van der Waals surface area contributed by atoms with Crippen LogP contribution >= 0.6 is 0 Å². The molecule has 2 N–H and O–H groups in total. The highest BCUT2D eigenvalue weighted by Crippen LogP contribution is 2.36. The van der Waals surface area contributed by atoms with Crippen LogP contribution in [0.1, 0.15) is 37.9 Å². The molecule has 5 nitrogen and oxygen atoms in total. The zero-order valence-corrected chi connectivity index (χ0v) is 16.3. The lowest BCUT2D eigenvalue weighted by atomic mass is 9.79. The van der Waals surface area contributed by atoms with E-state index in [2.05, 4.69) is 46.8 Å². The highest BCUT2D eigenvalue weighted by Gasteiger charge is 2.34. The Morgan fingerprint density at radius 1 is 1.30 bits per heavy atom. The monoisotopic (exact) mass is 364 g/mol. The van der Waals surface area contributed by atoms with Crippen LogP contribution in [0, 0.1) is 5.92 Å².